The molecule has 0 saturated heterocycles. The van der Waals surface area contributed by atoms with Crippen LogP contribution in [0, 0.1) is 0 Å². The molecule has 0 aliphatic carbocycles. The molecule has 9 N–H and O–H groups in total. The highest BCUT2D eigenvalue weighted by Gasteiger charge is 2.21. The topological polar surface area (TPSA) is 280 Å². The highest BCUT2D eigenvalue weighted by Crippen LogP contribution is 2.12. The van der Waals surface area contributed by atoms with Crippen LogP contribution in [0.3, 0.4) is 0 Å². The molecule has 0 unspecified atom stereocenters. The van der Waals surface area contributed by atoms with Gasteiger partial charge in [0.15, 0.2) is 11.2 Å². The normalized spacial score (nSPS) is 11.2. The van der Waals surface area contributed by atoms with Gasteiger partial charge in [0.25, 0.3) is 11.5 Å². The van der Waals surface area contributed by atoms with Gasteiger partial charge >= 0.3 is 5.97 Å². The number of anilines is 2. The molecule has 238 valence electrons. The first-order valence-corrected chi connectivity index (χ1v) is 13.7. The number of carboxylic acid groups (broad SMARTS) is 1. The van der Waals surface area contributed by atoms with Crippen LogP contribution in [0.2, 0.25) is 0 Å². The zero-order chi connectivity index (χ0) is 32.8. The van der Waals surface area contributed by atoms with Crippen LogP contribution in [0.25, 0.3) is 11.2 Å². The number of nitrogen functional groups attached to an aromatic ring is 1. The van der Waals surface area contributed by atoms with E-state index in [-0.39, 0.29) is 68.3 Å². The Morgan fingerprint density at radius 2 is 1.76 bits per heavy atom. The van der Waals surface area contributed by atoms with E-state index in [1.807, 2.05) is 0 Å². The van der Waals surface area contributed by atoms with E-state index in [1.54, 1.807) is 24.3 Å². The molecule has 18 heteroatoms. The second kappa shape index (κ2) is 16.6. The van der Waals surface area contributed by atoms with E-state index in [9.17, 15) is 33.6 Å². The number of hydrogen-bond acceptors (Lipinski definition) is 12. The molecule has 0 fully saturated rings. The number of H-pyrrole nitrogens is 1. The lowest BCUT2D eigenvalue weighted by atomic mass is 10.1. The summed E-state index contributed by atoms with van der Waals surface area (Å²) in [6, 6.07) is 5.41. The Morgan fingerprint density at radius 3 is 2.47 bits per heavy atom. The van der Waals surface area contributed by atoms with Crippen molar-refractivity contribution in [1.82, 2.24) is 41.2 Å². The number of aromatic amines is 1. The Hall–Kier alpha value is -5.94. The molecule has 4 amide bonds. The Labute approximate surface area is 255 Å². The third kappa shape index (κ3) is 11.0. The van der Waals surface area contributed by atoms with Crippen molar-refractivity contribution in [2.24, 2.45) is 0 Å². The molecule has 0 spiro atoms. The van der Waals surface area contributed by atoms with Gasteiger partial charge in [-0.2, -0.15) is 4.98 Å². The average molecular weight is 625 g/mol. The number of nitrogens with one attached hydrogen (secondary N) is 6. The number of carbonyl (C=O) groups is 6. The summed E-state index contributed by atoms with van der Waals surface area (Å²) in [4.78, 5) is 96.7. The van der Waals surface area contributed by atoms with Crippen molar-refractivity contribution < 1.29 is 33.9 Å². The lowest BCUT2D eigenvalue weighted by molar-refractivity contribution is -0.138. The van der Waals surface area contributed by atoms with Gasteiger partial charge in [0, 0.05) is 30.6 Å². The quantitative estimate of drug-likeness (QED) is 0.0608. The molecule has 45 heavy (non-hydrogen) atoms. The van der Waals surface area contributed by atoms with Crippen molar-refractivity contribution in [3.8, 4) is 0 Å². The Balaban J connectivity index is 1.36. The van der Waals surface area contributed by atoms with Gasteiger partial charge in [0.05, 0.1) is 31.5 Å². The summed E-state index contributed by atoms with van der Waals surface area (Å²) >= 11 is 0. The Bertz CT molecular complexity index is 1610. The predicted molar refractivity (Wildman–Crippen MR) is 159 cm³/mol. The molecule has 0 radical (unpaired) electrons. The van der Waals surface area contributed by atoms with Crippen LogP contribution in [0.4, 0.5) is 11.6 Å². The first kappa shape index (κ1) is 33.6. The zero-order valence-electron chi connectivity index (χ0n) is 23.9. The summed E-state index contributed by atoms with van der Waals surface area (Å²) in [5, 5.41) is 21.6. The fourth-order valence-electron chi connectivity index (χ4n) is 3.86. The van der Waals surface area contributed by atoms with Crippen LogP contribution >= 0.6 is 0 Å². The minimum Gasteiger partial charge on any atom is -0.481 e. The maximum absolute atomic E-state index is 12.5. The van der Waals surface area contributed by atoms with E-state index in [4.69, 9.17) is 10.8 Å². The van der Waals surface area contributed by atoms with Gasteiger partial charge in [-0.25, -0.2) is 9.97 Å². The van der Waals surface area contributed by atoms with E-state index in [1.165, 1.54) is 6.20 Å². The van der Waals surface area contributed by atoms with Crippen molar-refractivity contribution in [3.05, 3.63) is 52.1 Å². The van der Waals surface area contributed by atoms with E-state index in [2.05, 4.69) is 46.5 Å². The number of aromatic nitrogens is 4. The molecule has 2 heterocycles. The summed E-state index contributed by atoms with van der Waals surface area (Å²) < 4.78 is 0. The number of aliphatic carboxylic acids is 1. The van der Waals surface area contributed by atoms with E-state index < -0.39 is 41.8 Å². The first-order chi connectivity index (χ1) is 21.5. The number of carbonyl (C=O) groups excluding carboxylic acids is 5. The molecule has 0 saturated carbocycles. The molecule has 1 atom stereocenters. The van der Waals surface area contributed by atoms with Gasteiger partial charge in [-0.3, -0.25) is 33.8 Å². The van der Waals surface area contributed by atoms with E-state index in [0.717, 1.165) is 0 Å². The van der Waals surface area contributed by atoms with E-state index >= 15 is 0 Å². The van der Waals surface area contributed by atoms with Crippen molar-refractivity contribution in [2.45, 2.75) is 38.3 Å². The second-order valence-electron chi connectivity index (χ2n) is 9.52. The van der Waals surface area contributed by atoms with Gasteiger partial charge in [-0.15, -0.1) is 0 Å². The summed E-state index contributed by atoms with van der Waals surface area (Å²) in [6.07, 6.45) is 1.62. The fourth-order valence-corrected chi connectivity index (χ4v) is 3.86. The van der Waals surface area contributed by atoms with Crippen molar-refractivity contribution in [2.75, 3.05) is 30.7 Å². The van der Waals surface area contributed by atoms with Crippen LogP contribution < -0.4 is 37.9 Å². The van der Waals surface area contributed by atoms with Gasteiger partial charge in [0.1, 0.15) is 12.3 Å². The van der Waals surface area contributed by atoms with Crippen molar-refractivity contribution >= 4 is 58.7 Å². The lowest BCUT2D eigenvalue weighted by Gasteiger charge is -2.17. The molecule has 0 aliphatic heterocycles. The van der Waals surface area contributed by atoms with Crippen LogP contribution in [0.15, 0.2) is 35.3 Å². The molecule has 3 rings (SSSR count). The van der Waals surface area contributed by atoms with Crippen LogP contribution in [0.5, 0.6) is 0 Å². The van der Waals surface area contributed by atoms with E-state index in [0.29, 0.717) is 23.2 Å². The number of benzene rings is 1. The standard InChI is InChI=1S/C27H32N10O8/c28-27-36-23-22(26(45)37-27)34-17(13-33-23)12-31-16-5-3-15(4-6-16)24(43)29-9-1-2-19(39)32-14-20(40)35-18(7-8-21(41)42)25(44)30-10-11-38/h3-6,11,13,18,31H,1-2,7-10,12,14H2,(H,29,43)(H,30,44)(H,32,39)(H,35,40)(H,41,42)(H3,28,33,36,37,45)/t18-/m0/s1. The number of nitrogens with zero attached hydrogens (tertiary/aromatic N) is 3. The summed E-state index contributed by atoms with van der Waals surface area (Å²) in [5.74, 6) is -3.47. The SMILES string of the molecule is Nc1nc2ncc(CNc3ccc(C(=O)NCCCC(=O)NCC(=O)N[C@@H](CCC(=O)O)C(=O)NCC=O)cc3)nc2c(=O)[nH]1. The monoisotopic (exact) mass is 624 g/mol. The van der Waals surface area contributed by atoms with Gasteiger partial charge in [-0.1, -0.05) is 0 Å². The highest BCUT2D eigenvalue weighted by atomic mass is 16.4. The van der Waals surface area contributed by atoms with Gasteiger partial charge in [0.2, 0.25) is 23.7 Å². The molecule has 3 aromatic rings. The minimum atomic E-state index is -1.19. The Kier molecular flexibility index (Phi) is 12.4. The molecular weight excluding hydrogens is 592 g/mol. The zero-order valence-corrected chi connectivity index (χ0v) is 23.9. The largest absolute Gasteiger partial charge is 0.481 e. The molecule has 0 bridgehead atoms. The van der Waals surface area contributed by atoms with Crippen LogP contribution in [-0.4, -0.2) is 86.6 Å². The second-order valence-corrected chi connectivity index (χ2v) is 9.52. The highest BCUT2D eigenvalue weighted by molar-refractivity contribution is 5.94. The summed E-state index contributed by atoms with van der Waals surface area (Å²) in [7, 11) is 0. The molecule has 0 aliphatic rings. The van der Waals surface area contributed by atoms with Crippen LogP contribution in [0.1, 0.15) is 41.7 Å². The Morgan fingerprint density at radius 1 is 1.00 bits per heavy atom. The number of nitrogens with two attached hydrogens (primary N) is 1. The maximum atomic E-state index is 12.5. The molecule has 1 aromatic carbocycles. The third-order valence-electron chi connectivity index (χ3n) is 6.08. The average Bonchev–Trinajstić information content (AvgIpc) is 3.02. The van der Waals surface area contributed by atoms with Gasteiger partial charge in [-0.05, 0) is 37.1 Å². The number of carboxylic acids is 1. The predicted octanol–water partition coefficient (Wildman–Crippen LogP) is -1.80. The van der Waals surface area contributed by atoms with Crippen molar-refractivity contribution in [1.29, 1.82) is 0 Å². The minimum absolute atomic E-state index is 0.00562. The maximum Gasteiger partial charge on any atom is 0.303 e. The van der Waals surface area contributed by atoms with Crippen LogP contribution in [-0.2, 0) is 30.5 Å². The summed E-state index contributed by atoms with van der Waals surface area (Å²) in [6.45, 7) is -0.303. The molecular formula is C27H32N10O8. The van der Waals surface area contributed by atoms with Crippen molar-refractivity contribution in [3.63, 3.8) is 0 Å². The number of fused-ring (bicyclic) bond motifs is 1. The lowest BCUT2D eigenvalue weighted by Crippen LogP contribution is -2.50. The molecule has 18 nitrogen and oxygen atoms in total. The first-order valence-electron chi connectivity index (χ1n) is 13.7. The summed E-state index contributed by atoms with van der Waals surface area (Å²) in [5.41, 5.74) is 6.78. The molecule has 2 aromatic heterocycles. The smallest absolute Gasteiger partial charge is 0.303 e. The third-order valence-corrected chi connectivity index (χ3v) is 6.08. The van der Waals surface area contributed by atoms with Gasteiger partial charge < -0.3 is 42.2 Å². The number of amides is 4. The fraction of sp³-hybridized carbons (Fsp3) is 0.333. The number of hydrogen-bond donors (Lipinski definition) is 8. The number of rotatable bonds is 17. The number of aldehydes is 1.